The van der Waals surface area contributed by atoms with Gasteiger partial charge in [0.05, 0.1) is 12.8 Å². The zero-order chi connectivity index (χ0) is 14.5. The van der Waals surface area contributed by atoms with Gasteiger partial charge < -0.3 is 10.1 Å². The molecule has 0 unspecified atom stereocenters. The molecule has 0 aliphatic carbocycles. The van der Waals surface area contributed by atoms with Gasteiger partial charge in [-0.3, -0.25) is 4.68 Å². The normalized spacial score (nSPS) is 10.3. The van der Waals surface area contributed by atoms with Crippen LogP contribution in [-0.4, -0.2) is 27.8 Å². The Kier molecular flexibility index (Phi) is 4.34. The highest BCUT2D eigenvalue weighted by Gasteiger charge is 2.13. The van der Waals surface area contributed by atoms with Gasteiger partial charge in [-0.1, -0.05) is 6.92 Å². The molecular formula is C14H18N4O2. The van der Waals surface area contributed by atoms with Gasteiger partial charge in [0.2, 0.25) is 0 Å². The lowest BCUT2D eigenvalue weighted by molar-refractivity contribution is 0.0601. The number of ether oxygens (including phenoxy) is 1. The molecule has 6 nitrogen and oxygen atoms in total. The quantitative estimate of drug-likeness (QED) is 0.842. The predicted octanol–water partition coefficient (Wildman–Crippen LogP) is 1.78. The first-order chi connectivity index (χ1) is 9.65. The largest absolute Gasteiger partial charge is 0.465 e. The Bertz CT molecular complexity index is 607. The van der Waals surface area contributed by atoms with Crippen molar-refractivity contribution in [3.05, 3.63) is 41.3 Å². The van der Waals surface area contributed by atoms with Crippen molar-refractivity contribution in [1.29, 1.82) is 0 Å². The Labute approximate surface area is 117 Å². The topological polar surface area (TPSA) is 69.0 Å². The highest BCUT2D eigenvalue weighted by molar-refractivity contribution is 5.94. The third-order valence-electron chi connectivity index (χ3n) is 2.99. The van der Waals surface area contributed by atoms with Gasteiger partial charge in [0.15, 0.2) is 0 Å². The molecule has 0 bridgehead atoms. The lowest BCUT2D eigenvalue weighted by Crippen LogP contribution is -2.10. The zero-order valence-electron chi connectivity index (χ0n) is 11.9. The number of esters is 1. The van der Waals surface area contributed by atoms with E-state index in [0.29, 0.717) is 17.9 Å². The van der Waals surface area contributed by atoms with E-state index in [1.54, 1.807) is 23.0 Å². The summed E-state index contributed by atoms with van der Waals surface area (Å²) >= 11 is 0. The minimum atomic E-state index is -0.400. The molecule has 0 aliphatic heterocycles. The Morgan fingerprint density at radius 2 is 2.30 bits per heavy atom. The van der Waals surface area contributed by atoms with Crippen molar-refractivity contribution in [3.8, 4) is 0 Å². The Morgan fingerprint density at radius 3 is 3.00 bits per heavy atom. The molecule has 2 rings (SSSR count). The van der Waals surface area contributed by atoms with Crippen LogP contribution in [0.3, 0.4) is 0 Å². The molecule has 0 aliphatic rings. The summed E-state index contributed by atoms with van der Waals surface area (Å²) in [6.07, 6.45) is 4.47. The van der Waals surface area contributed by atoms with Crippen LogP contribution in [0.15, 0.2) is 24.5 Å². The summed E-state index contributed by atoms with van der Waals surface area (Å²) in [5, 5.41) is 7.55. The van der Waals surface area contributed by atoms with Gasteiger partial charge >= 0.3 is 5.97 Å². The van der Waals surface area contributed by atoms with E-state index < -0.39 is 5.97 Å². The molecule has 1 N–H and O–H groups in total. The fourth-order valence-electron chi connectivity index (χ4n) is 2.03. The Morgan fingerprint density at radius 1 is 1.50 bits per heavy atom. The number of anilines is 1. The number of pyridine rings is 1. The van der Waals surface area contributed by atoms with Crippen molar-refractivity contribution in [3.63, 3.8) is 0 Å². The summed E-state index contributed by atoms with van der Waals surface area (Å²) in [7, 11) is 3.25. The highest BCUT2D eigenvalue weighted by Crippen LogP contribution is 2.15. The maximum atomic E-state index is 11.7. The van der Waals surface area contributed by atoms with Crippen molar-refractivity contribution in [2.45, 2.75) is 19.9 Å². The van der Waals surface area contributed by atoms with Gasteiger partial charge in [-0.25, -0.2) is 9.78 Å². The van der Waals surface area contributed by atoms with E-state index in [0.717, 1.165) is 17.7 Å². The summed E-state index contributed by atoms with van der Waals surface area (Å²) in [4.78, 5) is 15.8. The molecule has 0 saturated carbocycles. The van der Waals surface area contributed by atoms with E-state index >= 15 is 0 Å². The second-order valence-electron chi connectivity index (χ2n) is 4.37. The van der Waals surface area contributed by atoms with Gasteiger partial charge in [-0.15, -0.1) is 0 Å². The molecule has 0 spiro atoms. The summed E-state index contributed by atoms with van der Waals surface area (Å²) in [6.45, 7) is 2.63. The fourth-order valence-corrected chi connectivity index (χ4v) is 2.03. The van der Waals surface area contributed by atoms with Crippen LogP contribution < -0.4 is 5.32 Å². The summed E-state index contributed by atoms with van der Waals surface area (Å²) in [6, 6.07) is 3.39. The molecule has 6 heteroatoms. The average molecular weight is 274 g/mol. The molecule has 20 heavy (non-hydrogen) atoms. The van der Waals surface area contributed by atoms with Crippen molar-refractivity contribution in [2.75, 3.05) is 12.4 Å². The first-order valence-corrected chi connectivity index (χ1v) is 6.44. The van der Waals surface area contributed by atoms with Crippen LogP contribution in [0.5, 0.6) is 0 Å². The van der Waals surface area contributed by atoms with Crippen LogP contribution in [0.25, 0.3) is 0 Å². The molecule has 0 radical (unpaired) electrons. The standard InChI is InChI=1S/C14H18N4O2/c1-4-12-10(9-18(2)17-12)8-16-13-11(14(19)20-3)6-5-7-15-13/h5-7,9H,4,8H2,1-3H3,(H,15,16). The van der Waals surface area contributed by atoms with E-state index in [1.165, 1.54) is 7.11 Å². The lowest BCUT2D eigenvalue weighted by atomic mass is 10.2. The summed E-state index contributed by atoms with van der Waals surface area (Å²) in [5.74, 6) is 0.118. The number of methoxy groups -OCH3 is 1. The van der Waals surface area contributed by atoms with Crippen molar-refractivity contribution in [1.82, 2.24) is 14.8 Å². The molecule has 106 valence electrons. The first-order valence-electron chi connectivity index (χ1n) is 6.44. The van der Waals surface area contributed by atoms with Gasteiger partial charge in [-0.2, -0.15) is 5.10 Å². The van der Waals surface area contributed by atoms with Crippen LogP contribution in [0.4, 0.5) is 5.82 Å². The number of hydrogen-bond acceptors (Lipinski definition) is 5. The van der Waals surface area contributed by atoms with Crippen LogP contribution in [0, 0.1) is 0 Å². The second-order valence-corrected chi connectivity index (χ2v) is 4.37. The molecule has 2 heterocycles. The van der Waals surface area contributed by atoms with Gasteiger partial charge in [0.25, 0.3) is 0 Å². The maximum absolute atomic E-state index is 11.7. The number of nitrogens with one attached hydrogen (secondary N) is 1. The van der Waals surface area contributed by atoms with Gasteiger partial charge in [0.1, 0.15) is 11.4 Å². The molecule has 2 aromatic heterocycles. The van der Waals surface area contributed by atoms with Gasteiger partial charge in [-0.05, 0) is 18.6 Å². The number of carbonyl (C=O) groups is 1. The number of aryl methyl sites for hydroxylation is 2. The second kappa shape index (κ2) is 6.18. The average Bonchev–Trinajstić information content (AvgIpc) is 2.84. The monoisotopic (exact) mass is 274 g/mol. The first kappa shape index (κ1) is 14.0. The zero-order valence-corrected chi connectivity index (χ0v) is 11.9. The van der Waals surface area contributed by atoms with Gasteiger partial charge in [0, 0.05) is 31.5 Å². The molecule has 0 aromatic carbocycles. The minimum Gasteiger partial charge on any atom is -0.465 e. The number of hydrogen-bond donors (Lipinski definition) is 1. The van der Waals surface area contributed by atoms with E-state index in [-0.39, 0.29) is 0 Å². The Balaban J connectivity index is 2.16. The summed E-state index contributed by atoms with van der Waals surface area (Å²) < 4.78 is 6.53. The molecule has 0 amide bonds. The minimum absolute atomic E-state index is 0.400. The van der Waals surface area contributed by atoms with Crippen molar-refractivity contribution >= 4 is 11.8 Å². The predicted molar refractivity (Wildman–Crippen MR) is 75.5 cm³/mol. The maximum Gasteiger partial charge on any atom is 0.341 e. The number of aromatic nitrogens is 3. The molecule has 2 aromatic rings. The third-order valence-corrected chi connectivity index (χ3v) is 2.99. The van der Waals surface area contributed by atoms with Crippen molar-refractivity contribution in [2.24, 2.45) is 7.05 Å². The van der Waals surface area contributed by atoms with Crippen molar-refractivity contribution < 1.29 is 9.53 Å². The SMILES string of the molecule is CCc1nn(C)cc1CNc1ncccc1C(=O)OC. The third kappa shape index (κ3) is 2.96. The van der Waals surface area contributed by atoms with Crippen LogP contribution in [-0.2, 0) is 24.8 Å². The van der Waals surface area contributed by atoms with Crippen LogP contribution in [0.1, 0.15) is 28.5 Å². The van der Waals surface area contributed by atoms with E-state index in [1.807, 2.05) is 13.2 Å². The molecule has 0 saturated heterocycles. The van der Waals surface area contributed by atoms with E-state index in [2.05, 4.69) is 22.3 Å². The summed E-state index contributed by atoms with van der Waals surface area (Å²) in [5.41, 5.74) is 2.56. The number of nitrogens with zero attached hydrogens (tertiary/aromatic N) is 3. The highest BCUT2D eigenvalue weighted by atomic mass is 16.5. The number of carbonyl (C=O) groups excluding carboxylic acids is 1. The Hall–Kier alpha value is -2.37. The lowest BCUT2D eigenvalue weighted by Gasteiger charge is -2.09. The van der Waals surface area contributed by atoms with E-state index in [4.69, 9.17) is 4.74 Å². The molecule has 0 atom stereocenters. The molecule has 0 fully saturated rings. The molecular weight excluding hydrogens is 256 g/mol. The fraction of sp³-hybridized carbons (Fsp3) is 0.357. The van der Waals surface area contributed by atoms with E-state index in [9.17, 15) is 4.79 Å². The smallest absolute Gasteiger partial charge is 0.341 e. The van der Waals surface area contributed by atoms with Crippen LogP contribution in [0.2, 0.25) is 0 Å². The van der Waals surface area contributed by atoms with Crippen LogP contribution >= 0.6 is 0 Å². The number of rotatable bonds is 5.